The van der Waals surface area contributed by atoms with Crippen LogP contribution >= 0.6 is 11.3 Å². The number of benzene rings is 1. The summed E-state index contributed by atoms with van der Waals surface area (Å²) in [4.78, 5) is 24.9. The van der Waals surface area contributed by atoms with Crippen LogP contribution in [0.25, 0.3) is 10.6 Å². The highest BCUT2D eigenvalue weighted by atomic mass is 32.1. The first-order valence-corrected chi connectivity index (χ1v) is 10.5. The second kappa shape index (κ2) is 8.90. The molecule has 0 spiro atoms. The van der Waals surface area contributed by atoms with E-state index in [0.29, 0.717) is 0 Å². The number of ether oxygens (including phenoxy) is 1. The Kier molecular flexibility index (Phi) is 6.05. The molecule has 1 amide bonds. The average molecular weight is 446 g/mol. The molecule has 1 aromatic carbocycles. The third-order valence-electron chi connectivity index (χ3n) is 4.97. The van der Waals surface area contributed by atoms with Crippen molar-refractivity contribution >= 4 is 27.9 Å². The summed E-state index contributed by atoms with van der Waals surface area (Å²) in [5.41, 5.74) is 11.6. The summed E-state index contributed by atoms with van der Waals surface area (Å²) in [6.07, 6.45) is 5.92. The van der Waals surface area contributed by atoms with Gasteiger partial charge in [-0.2, -0.15) is 4.98 Å². The lowest BCUT2D eigenvalue weighted by atomic mass is 9.94. The van der Waals surface area contributed by atoms with Crippen molar-refractivity contribution < 1.29 is 18.3 Å². The fraction of sp³-hybridized carbons (Fsp3) is 0.300. The molecule has 2 aromatic heterocycles. The maximum absolute atomic E-state index is 14.1. The fourth-order valence-electron chi connectivity index (χ4n) is 3.35. The lowest BCUT2D eigenvalue weighted by Crippen LogP contribution is -2.32. The molecule has 0 saturated heterocycles. The maximum Gasteiger partial charge on any atom is 0.277 e. The summed E-state index contributed by atoms with van der Waals surface area (Å²) < 4.78 is 34.1. The number of nitrogens with zero attached hydrogens (tertiary/aromatic N) is 3. The first kappa shape index (κ1) is 21.1. The van der Waals surface area contributed by atoms with E-state index in [0.717, 1.165) is 49.2 Å². The van der Waals surface area contributed by atoms with E-state index in [2.05, 4.69) is 20.3 Å². The largest absolute Gasteiger partial charge is 0.473 e. The molecule has 162 valence electrons. The summed E-state index contributed by atoms with van der Waals surface area (Å²) in [7, 11) is 0. The van der Waals surface area contributed by atoms with Gasteiger partial charge in [0.05, 0.1) is 11.8 Å². The summed E-state index contributed by atoms with van der Waals surface area (Å²) in [5, 5.41) is 2.62. The van der Waals surface area contributed by atoms with Crippen LogP contribution in [-0.4, -0.2) is 33.0 Å². The minimum atomic E-state index is -0.792. The number of carbonyl (C=O) groups excluding carboxylic acids is 1. The predicted octanol–water partition coefficient (Wildman–Crippen LogP) is 3.36. The van der Waals surface area contributed by atoms with Crippen molar-refractivity contribution in [3.8, 4) is 16.5 Å². The van der Waals surface area contributed by atoms with Gasteiger partial charge in [-0.15, -0.1) is 0 Å². The molecule has 0 bridgehead atoms. The Morgan fingerprint density at radius 1 is 1.19 bits per heavy atom. The predicted molar refractivity (Wildman–Crippen MR) is 113 cm³/mol. The molecule has 5 N–H and O–H groups in total. The Balaban J connectivity index is 1.54. The number of hydrogen-bond donors (Lipinski definition) is 3. The molecule has 1 aliphatic rings. The van der Waals surface area contributed by atoms with Crippen molar-refractivity contribution in [1.82, 2.24) is 15.0 Å². The molecule has 1 aliphatic carbocycles. The third-order valence-corrected chi connectivity index (χ3v) is 5.87. The SMILES string of the molecule is Nc1sc(-c2c(F)cccc2F)nc1C(=O)Nc1cncnc1O[C@H]1CC[C@H](N)CC1. The molecule has 0 atom stereocenters. The maximum atomic E-state index is 14.1. The monoisotopic (exact) mass is 446 g/mol. The van der Waals surface area contributed by atoms with Gasteiger partial charge >= 0.3 is 0 Å². The van der Waals surface area contributed by atoms with Gasteiger partial charge in [0, 0.05) is 6.04 Å². The molecule has 31 heavy (non-hydrogen) atoms. The highest BCUT2D eigenvalue weighted by Gasteiger charge is 2.24. The number of nitrogens with two attached hydrogens (primary N) is 2. The average Bonchev–Trinajstić information content (AvgIpc) is 3.12. The van der Waals surface area contributed by atoms with Gasteiger partial charge in [-0.05, 0) is 37.8 Å². The van der Waals surface area contributed by atoms with Crippen LogP contribution in [0.15, 0.2) is 30.7 Å². The summed E-state index contributed by atoms with van der Waals surface area (Å²) in [5.74, 6) is -2.03. The number of carbonyl (C=O) groups is 1. The van der Waals surface area contributed by atoms with Gasteiger partial charge in [0.25, 0.3) is 5.91 Å². The van der Waals surface area contributed by atoms with Crippen LogP contribution in [0.4, 0.5) is 19.5 Å². The Morgan fingerprint density at radius 3 is 2.61 bits per heavy atom. The zero-order valence-corrected chi connectivity index (χ0v) is 17.2. The second-order valence-electron chi connectivity index (χ2n) is 7.18. The van der Waals surface area contributed by atoms with Crippen molar-refractivity contribution in [2.45, 2.75) is 37.8 Å². The summed E-state index contributed by atoms with van der Waals surface area (Å²) in [6, 6.07) is 3.64. The Hall–Kier alpha value is -3.18. The van der Waals surface area contributed by atoms with Gasteiger partial charge in [0.2, 0.25) is 5.88 Å². The van der Waals surface area contributed by atoms with E-state index in [1.165, 1.54) is 18.6 Å². The van der Waals surface area contributed by atoms with Crippen molar-refractivity contribution in [2.75, 3.05) is 11.1 Å². The lowest BCUT2D eigenvalue weighted by molar-refractivity contribution is 0.102. The minimum absolute atomic E-state index is 0.0238. The molecule has 0 radical (unpaired) electrons. The topological polar surface area (TPSA) is 129 Å². The molecule has 1 fully saturated rings. The van der Waals surface area contributed by atoms with Crippen molar-refractivity contribution in [1.29, 1.82) is 0 Å². The van der Waals surface area contributed by atoms with E-state index in [1.807, 2.05) is 0 Å². The Bertz CT molecular complexity index is 1080. The number of amides is 1. The van der Waals surface area contributed by atoms with Gasteiger partial charge in [-0.25, -0.2) is 18.7 Å². The molecule has 8 nitrogen and oxygen atoms in total. The van der Waals surface area contributed by atoms with Gasteiger partial charge in [0.1, 0.15) is 39.8 Å². The lowest BCUT2D eigenvalue weighted by Gasteiger charge is -2.26. The quantitative estimate of drug-likeness (QED) is 0.548. The van der Waals surface area contributed by atoms with E-state index < -0.39 is 17.5 Å². The first-order valence-electron chi connectivity index (χ1n) is 9.66. The fourth-order valence-corrected chi connectivity index (χ4v) is 4.22. The number of anilines is 2. The Labute approximate surface area is 180 Å². The van der Waals surface area contributed by atoms with Crippen LogP contribution < -0.4 is 21.5 Å². The number of hydrogen-bond acceptors (Lipinski definition) is 8. The number of thiazole rings is 1. The second-order valence-corrected chi connectivity index (χ2v) is 8.21. The van der Waals surface area contributed by atoms with E-state index in [9.17, 15) is 13.6 Å². The van der Waals surface area contributed by atoms with Gasteiger partial charge in [0.15, 0.2) is 5.69 Å². The number of aromatic nitrogens is 3. The van der Waals surface area contributed by atoms with Gasteiger partial charge < -0.3 is 21.5 Å². The smallest absolute Gasteiger partial charge is 0.277 e. The van der Waals surface area contributed by atoms with Crippen molar-refractivity contribution in [3.63, 3.8) is 0 Å². The zero-order valence-electron chi connectivity index (χ0n) is 16.3. The normalized spacial score (nSPS) is 18.5. The molecular weight excluding hydrogens is 426 g/mol. The molecule has 3 aromatic rings. The van der Waals surface area contributed by atoms with E-state index in [-0.39, 0.29) is 45.0 Å². The van der Waals surface area contributed by atoms with Crippen LogP contribution in [-0.2, 0) is 0 Å². The first-order chi connectivity index (χ1) is 14.9. The summed E-state index contributed by atoms with van der Waals surface area (Å²) >= 11 is 0.819. The van der Waals surface area contributed by atoms with Crippen LogP contribution in [0.5, 0.6) is 5.88 Å². The number of nitrogens with one attached hydrogen (secondary N) is 1. The van der Waals surface area contributed by atoms with Gasteiger partial charge in [-0.3, -0.25) is 4.79 Å². The van der Waals surface area contributed by atoms with Gasteiger partial charge in [-0.1, -0.05) is 17.4 Å². The molecule has 4 rings (SSSR count). The van der Waals surface area contributed by atoms with Crippen molar-refractivity contribution in [2.24, 2.45) is 5.73 Å². The Morgan fingerprint density at radius 2 is 1.90 bits per heavy atom. The number of halogens is 2. The molecular formula is C20H20F2N6O2S. The third kappa shape index (κ3) is 4.62. The number of nitrogen functional groups attached to an aromatic ring is 1. The number of rotatable bonds is 5. The minimum Gasteiger partial charge on any atom is -0.473 e. The van der Waals surface area contributed by atoms with Crippen molar-refractivity contribution in [3.05, 3.63) is 48.1 Å². The van der Waals surface area contributed by atoms with E-state index >= 15 is 0 Å². The van der Waals surface area contributed by atoms with Crippen LogP contribution in [0.3, 0.4) is 0 Å². The standard InChI is InChI=1S/C20H20F2N6O2S/c21-12-2-1-3-13(22)15(12)20-28-16(17(24)31-20)18(29)27-14-8-25-9-26-19(14)30-11-6-4-10(23)5-7-11/h1-3,8-11H,4-7,23-24H2,(H,27,29)/t10-,11-. The van der Waals surface area contributed by atoms with E-state index in [1.54, 1.807) is 0 Å². The molecule has 0 unspecified atom stereocenters. The summed E-state index contributed by atoms with van der Waals surface area (Å²) in [6.45, 7) is 0. The zero-order chi connectivity index (χ0) is 22.0. The molecule has 11 heteroatoms. The molecule has 0 aliphatic heterocycles. The van der Waals surface area contributed by atoms with Crippen LogP contribution in [0, 0.1) is 11.6 Å². The highest BCUT2D eigenvalue weighted by Crippen LogP contribution is 2.34. The molecule has 2 heterocycles. The molecule has 1 saturated carbocycles. The van der Waals surface area contributed by atoms with Crippen LogP contribution in [0.1, 0.15) is 36.2 Å². The highest BCUT2D eigenvalue weighted by molar-refractivity contribution is 7.19. The van der Waals surface area contributed by atoms with Crippen LogP contribution in [0.2, 0.25) is 0 Å². The van der Waals surface area contributed by atoms with E-state index in [4.69, 9.17) is 16.2 Å².